The number of thioether (sulfide) groups is 1. The highest BCUT2D eigenvalue weighted by Gasteiger charge is 2.27. The molecular formula is C27H33ClN4O4S2. The molecule has 1 aliphatic rings. The molecule has 0 spiro atoms. The number of hydrogen-bond donors (Lipinski definition) is 1. The molecule has 0 radical (unpaired) electrons. The van der Waals surface area contributed by atoms with Crippen LogP contribution in [0.5, 0.6) is 5.75 Å². The fourth-order valence-corrected chi connectivity index (χ4v) is 6.87. The topological polar surface area (TPSA) is 95.3 Å². The molecular weight excluding hydrogens is 544 g/mol. The van der Waals surface area contributed by atoms with Crippen molar-refractivity contribution in [3.63, 3.8) is 0 Å². The van der Waals surface area contributed by atoms with Gasteiger partial charge in [0.2, 0.25) is 5.91 Å². The Morgan fingerprint density at radius 2 is 2.00 bits per heavy atom. The lowest BCUT2D eigenvalue weighted by molar-refractivity contribution is -0.113. The number of amides is 1. The lowest BCUT2D eigenvalue weighted by Gasteiger charge is -2.17. The van der Waals surface area contributed by atoms with Gasteiger partial charge in [-0.25, -0.2) is 4.79 Å². The first-order valence-electron chi connectivity index (χ1n) is 12.9. The number of halogens is 1. The minimum absolute atomic E-state index is 0.133. The third-order valence-electron chi connectivity index (χ3n) is 6.35. The van der Waals surface area contributed by atoms with E-state index in [1.807, 2.05) is 37.5 Å². The van der Waals surface area contributed by atoms with Gasteiger partial charge in [0.15, 0.2) is 17.1 Å². The maximum absolute atomic E-state index is 13.0. The van der Waals surface area contributed by atoms with E-state index in [1.54, 1.807) is 13.0 Å². The Morgan fingerprint density at radius 3 is 2.74 bits per heavy atom. The predicted octanol–water partition coefficient (Wildman–Crippen LogP) is 6.64. The van der Waals surface area contributed by atoms with Crippen LogP contribution in [0.15, 0.2) is 23.4 Å². The number of aromatic nitrogens is 3. The van der Waals surface area contributed by atoms with Crippen molar-refractivity contribution in [3.05, 3.63) is 50.6 Å². The van der Waals surface area contributed by atoms with Gasteiger partial charge in [0.1, 0.15) is 10.8 Å². The Hall–Kier alpha value is -2.56. The van der Waals surface area contributed by atoms with Crippen molar-refractivity contribution in [1.29, 1.82) is 0 Å². The SMILES string of the molecule is CCOC(=O)c1c(NC(=O)CSc2nnc(C(C)Oc3ccc(Cl)cc3C)n2CC)sc2c1CCCCC2. The van der Waals surface area contributed by atoms with Crippen LogP contribution in [0.3, 0.4) is 0 Å². The van der Waals surface area contributed by atoms with Crippen LogP contribution in [0.1, 0.15) is 78.3 Å². The largest absolute Gasteiger partial charge is 0.482 e. The number of hydrogen-bond acceptors (Lipinski definition) is 8. The summed E-state index contributed by atoms with van der Waals surface area (Å²) in [5, 5.41) is 13.5. The first-order valence-corrected chi connectivity index (χ1v) is 15.1. The number of esters is 1. The van der Waals surface area contributed by atoms with Crippen molar-refractivity contribution in [1.82, 2.24) is 14.8 Å². The van der Waals surface area contributed by atoms with Crippen LogP contribution >= 0.6 is 34.7 Å². The van der Waals surface area contributed by atoms with Gasteiger partial charge in [-0.3, -0.25) is 4.79 Å². The second-order valence-corrected chi connectivity index (χ2v) is 11.6. The summed E-state index contributed by atoms with van der Waals surface area (Å²) in [5.41, 5.74) is 2.50. The number of aryl methyl sites for hydroxylation is 2. The molecule has 11 heteroatoms. The molecule has 204 valence electrons. The van der Waals surface area contributed by atoms with Crippen molar-refractivity contribution >= 4 is 51.6 Å². The third kappa shape index (κ3) is 6.52. The molecule has 0 aliphatic heterocycles. The van der Waals surface area contributed by atoms with Crippen molar-refractivity contribution in [3.8, 4) is 5.75 Å². The standard InChI is InChI=1S/C27H33ClN4O4S2/c1-5-32-24(17(4)36-20-13-12-18(28)14-16(20)3)30-31-27(32)37-15-22(33)29-25-23(26(34)35-6-2)19-10-8-7-9-11-21(19)38-25/h12-14,17H,5-11,15H2,1-4H3,(H,29,33). The molecule has 4 rings (SSSR count). The van der Waals surface area contributed by atoms with E-state index in [2.05, 4.69) is 15.5 Å². The van der Waals surface area contributed by atoms with E-state index in [-0.39, 0.29) is 23.7 Å². The predicted molar refractivity (Wildman–Crippen MR) is 152 cm³/mol. The summed E-state index contributed by atoms with van der Waals surface area (Å²) in [5.74, 6) is 0.971. The monoisotopic (exact) mass is 576 g/mol. The smallest absolute Gasteiger partial charge is 0.341 e. The summed E-state index contributed by atoms with van der Waals surface area (Å²) in [6.07, 6.45) is 4.68. The summed E-state index contributed by atoms with van der Waals surface area (Å²) in [6.45, 7) is 8.58. The van der Waals surface area contributed by atoms with Gasteiger partial charge in [-0.15, -0.1) is 21.5 Å². The number of fused-ring (bicyclic) bond motifs is 1. The molecule has 1 aliphatic carbocycles. The van der Waals surface area contributed by atoms with Crippen molar-refractivity contribution in [2.24, 2.45) is 0 Å². The van der Waals surface area contributed by atoms with Gasteiger partial charge in [0, 0.05) is 16.4 Å². The number of nitrogens with one attached hydrogen (secondary N) is 1. The van der Waals surface area contributed by atoms with E-state index in [4.69, 9.17) is 21.1 Å². The number of nitrogens with zero attached hydrogens (tertiary/aromatic N) is 3. The molecule has 3 aromatic rings. The van der Waals surface area contributed by atoms with Gasteiger partial charge >= 0.3 is 5.97 Å². The zero-order chi connectivity index (χ0) is 27.2. The summed E-state index contributed by atoms with van der Waals surface area (Å²) in [7, 11) is 0. The molecule has 8 nitrogen and oxygen atoms in total. The molecule has 1 atom stereocenters. The lowest BCUT2D eigenvalue weighted by Crippen LogP contribution is -2.17. The zero-order valence-electron chi connectivity index (χ0n) is 22.1. The van der Waals surface area contributed by atoms with E-state index >= 15 is 0 Å². The number of anilines is 1. The molecule has 38 heavy (non-hydrogen) atoms. The molecule has 2 aromatic heterocycles. The average molecular weight is 577 g/mol. The fraction of sp³-hybridized carbons (Fsp3) is 0.481. The zero-order valence-corrected chi connectivity index (χ0v) is 24.5. The number of ether oxygens (including phenoxy) is 2. The Balaban J connectivity index is 1.44. The second kappa shape index (κ2) is 13.0. The van der Waals surface area contributed by atoms with E-state index in [1.165, 1.54) is 28.0 Å². The van der Waals surface area contributed by atoms with Crippen LogP contribution in [0.4, 0.5) is 5.00 Å². The molecule has 0 bridgehead atoms. The fourth-order valence-electron chi connectivity index (χ4n) is 4.54. The second-order valence-electron chi connectivity index (χ2n) is 9.08. The molecule has 0 saturated heterocycles. The van der Waals surface area contributed by atoms with E-state index < -0.39 is 0 Å². The molecule has 1 N–H and O–H groups in total. The van der Waals surface area contributed by atoms with Crippen LogP contribution in [0.25, 0.3) is 0 Å². The molecule has 0 saturated carbocycles. The molecule has 1 unspecified atom stereocenters. The van der Waals surface area contributed by atoms with E-state index in [0.29, 0.717) is 39.7 Å². The average Bonchev–Trinajstić information content (AvgIpc) is 3.37. The van der Waals surface area contributed by atoms with Crippen LogP contribution in [0.2, 0.25) is 5.02 Å². The molecule has 1 amide bonds. The number of rotatable bonds is 10. The van der Waals surface area contributed by atoms with E-state index in [9.17, 15) is 9.59 Å². The number of carbonyl (C=O) groups excluding carboxylic acids is 2. The van der Waals surface area contributed by atoms with E-state index in [0.717, 1.165) is 49.0 Å². The number of benzene rings is 1. The minimum Gasteiger partial charge on any atom is -0.482 e. The first-order chi connectivity index (χ1) is 18.3. The van der Waals surface area contributed by atoms with Crippen molar-refractivity contribution in [2.75, 3.05) is 17.7 Å². The van der Waals surface area contributed by atoms with Gasteiger partial charge in [-0.1, -0.05) is 29.8 Å². The third-order valence-corrected chi connectivity index (χ3v) is 8.76. The summed E-state index contributed by atoms with van der Waals surface area (Å²) < 4.78 is 13.4. The van der Waals surface area contributed by atoms with Gasteiger partial charge < -0.3 is 19.4 Å². The highest BCUT2D eigenvalue weighted by molar-refractivity contribution is 7.99. The molecule has 2 heterocycles. The van der Waals surface area contributed by atoms with Crippen molar-refractivity contribution < 1.29 is 19.1 Å². The lowest BCUT2D eigenvalue weighted by atomic mass is 10.1. The molecule has 1 aromatic carbocycles. The van der Waals surface area contributed by atoms with Crippen LogP contribution in [0, 0.1) is 6.92 Å². The van der Waals surface area contributed by atoms with Gasteiger partial charge in [-0.2, -0.15) is 0 Å². The minimum atomic E-state index is -0.366. The number of thiophene rings is 1. The Kier molecular flexibility index (Phi) is 9.73. The van der Waals surface area contributed by atoms with Crippen LogP contribution in [-0.2, 0) is 28.9 Å². The maximum Gasteiger partial charge on any atom is 0.341 e. The Bertz CT molecular complexity index is 1310. The van der Waals surface area contributed by atoms with Gasteiger partial charge in [0.05, 0.1) is 17.9 Å². The first kappa shape index (κ1) is 28.4. The summed E-state index contributed by atoms with van der Waals surface area (Å²) >= 11 is 8.87. The highest BCUT2D eigenvalue weighted by Crippen LogP contribution is 2.38. The molecule has 0 fully saturated rings. The van der Waals surface area contributed by atoms with Crippen LogP contribution < -0.4 is 10.1 Å². The highest BCUT2D eigenvalue weighted by atomic mass is 35.5. The Morgan fingerprint density at radius 1 is 1.21 bits per heavy atom. The normalized spacial score (nSPS) is 13.9. The maximum atomic E-state index is 13.0. The summed E-state index contributed by atoms with van der Waals surface area (Å²) in [4.78, 5) is 26.9. The Labute approximate surface area is 236 Å². The van der Waals surface area contributed by atoms with Gasteiger partial charge in [-0.05, 0) is 82.7 Å². The summed E-state index contributed by atoms with van der Waals surface area (Å²) in [6, 6.07) is 5.49. The number of carbonyl (C=O) groups is 2. The van der Waals surface area contributed by atoms with Crippen LogP contribution in [-0.4, -0.2) is 39.0 Å². The van der Waals surface area contributed by atoms with Crippen molar-refractivity contribution in [2.45, 2.75) is 77.6 Å². The van der Waals surface area contributed by atoms with Gasteiger partial charge in [0.25, 0.3) is 0 Å². The quantitative estimate of drug-likeness (QED) is 0.164.